The second-order valence-corrected chi connectivity index (χ2v) is 5.42. The van der Waals surface area contributed by atoms with Crippen molar-refractivity contribution in [1.29, 1.82) is 0 Å². The molecule has 2 rings (SSSR count). The maximum atomic E-state index is 11.9. The molecule has 0 radical (unpaired) electrons. The van der Waals surface area contributed by atoms with Crippen molar-refractivity contribution in [1.82, 2.24) is 5.32 Å². The zero-order valence-corrected chi connectivity index (χ0v) is 15.4. The summed E-state index contributed by atoms with van der Waals surface area (Å²) in [6.45, 7) is 3.04. The van der Waals surface area contributed by atoms with Gasteiger partial charge >= 0.3 is 0 Å². The van der Waals surface area contributed by atoms with Gasteiger partial charge in [0.25, 0.3) is 5.91 Å². The third-order valence-corrected chi connectivity index (χ3v) is 3.51. The number of amides is 1. The predicted molar refractivity (Wildman–Crippen MR) is 100.0 cm³/mol. The number of carbonyl (C=O) groups excluding carboxylic acids is 2. The standard InChI is InChI=1S/C20H23NO6/c1-3-25-16-5-7-17(8-6-16)26-11-10-21-20(23)14-27-18-9-4-15(13-22)12-19(18)24-2/h4-9,12-13H,3,10-11,14H2,1-2H3,(H,21,23). The smallest absolute Gasteiger partial charge is 0.258 e. The molecule has 0 aliphatic heterocycles. The lowest BCUT2D eigenvalue weighted by molar-refractivity contribution is -0.123. The molecule has 0 heterocycles. The Balaban J connectivity index is 1.70. The van der Waals surface area contributed by atoms with Crippen LogP contribution in [0.3, 0.4) is 0 Å². The zero-order chi connectivity index (χ0) is 19.5. The first-order valence-corrected chi connectivity index (χ1v) is 8.54. The van der Waals surface area contributed by atoms with E-state index >= 15 is 0 Å². The highest BCUT2D eigenvalue weighted by Crippen LogP contribution is 2.27. The zero-order valence-electron chi connectivity index (χ0n) is 15.4. The Morgan fingerprint density at radius 1 is 1.00 bits per heavy atom. The molecular weight excluding hydrogens is 350 g/mol. The number of nitrogens with one attached hydrogen (secondary N) is 1. The molecule has 0 atom stereocenters. The lowest BCUT2D eigenvalue weighted by Gasteiger charge is -2.11. The van der Waals surface area contributed by atoms with Crippen molar-refractivity contribution in [3.8, 4) is 23.0 Å². The summed E-state index contributed by atoms with van der Waals surface area (Å²) in [6.07, 6.45) is 0.712. The molecule has 0 aliphatic rings. The van der Waals surface area contributed by atoms with Crippen LogP contribution in [0.4, 0.5) is 0 Å². The lowest BCUT2D eigenvalue weighted by atomic mass is 10.2. The van der Waals surface area contributed by atoms with Crippen LogP contribution in [-0.2, 0) is 4.79 Å². The summed E-state index contributed by atoms with van der Waals surface area (Å²) >= 11 is 0. The van der Waals surface area contributed by atoms with Crippen molar-refractivity contribution in [3.63, 3.8) is 0 Å². The Hall–Kier alpha value is -3.22. The molecule has 0 aliphatic carbocycles. The van der Waals surface area contributed by atoms with E-state index in [1.54, 1.807) is 18.2 Å². The van der Waals surface area contributed by atoms with Crippen LogP contribution in [0.25, 0.3) is 0 Å². The molecule has 0 saturated carbocycles. The molecule has 7 nitrogen and oxygen atoms in total. The lowest BCUT2D eigenvalue weighted by Crippen LogP contribution is -2.32. The Morgan fingerprint density at radius 3 is 2.33 bits per heavy atom. The minimum Gasteiger partial charge on any atom is -0.494 e. The van der Waals surface area contributed by atoms with Gasteiger partial charge in [0, 0.05) is 5.56 Å². The van der Waals surface area contributed by atoms with Gasteiger partial charge in [-0.1, -0.05) is 0 Å². The fourth-order valence-electron chi connectivity index (χ4n) is 2.23. The van der Waals surface area contributed by atoms with Crippen molar-refractivity contribution in [2.45, 2.75) is 6.92 Å². The van der Waals surface area contributed by atoms with Crippen molar-refractivity contribution in [3.05, 3.63) is 48.0 Å². The molecule has 0 aromatic heterocycles. The Labute approximate surface area is 158 Å². The molecule has 0 bridgehead atoms. The Kier molecular flexibility index (Phi) is 7.96. The van der Waals surface area contributed by atoms with E-state index in [1.807, 2.05) is 31.2 Å². The van der Waals surface area contributed by atoms with Gasteiger partial charge in [-0.15, -0.1) is 0 Å². The van der Waals surface area contributed by atoms with Crippen molar-refractivity contribution >= 4 is 12.2 Å². The van der Waals surface area contributed by atoms with Gasteiger partial charge in [-0.3, -0.25) is 9.59 Å². The van der Waals surface area contributed by atoms with Gasteiger partial charge in [-0.2, -0.15) is 0 Å². The monoisotopic (exact) mass is 373 g/mol. The van der Waals surface area contributed by atoms with E-state index in [1.165, 1.54) is 7.11 Å². The molecular formula is C20H23NO6. The highest BCUT2D eigenvalue weighted by Gasteiger charge is 2.08. The second-order valence-electron chi connectivity index (χ2n) is 5.42. The Bertz CT molecular complexity index is 745. The summed E-state index contributed by atoms with van der Waals surface area (Å²) in [4.78, 5) is 22.6. The van der Waals surface area contributed by atoms with Gasteiger partial charge in [-0.25, -0.2) is 0 Å². The summed E-state index contributed by atoms with van der Waals surface area (Å²) in [5, 5.41) is 2.70. The average Bonchev–Trinajstić information content (AvgIpc) is 2.71. The molecule has 0 saturated heterocycles. The quantitative estimate of drug-likeness (QED) is 0.481. The third kappa shape index (κ3) is 6.54. The van der Waals surface area contributed by atoms with E-state index in [4.69, 9.17) is 18.9 Å². The molecule has 0 spiro atoms. The first-order chi connectivity index (χ1) is 13.2. The van der Waals surface area contributed by atoms with E-state index in [9.17, 15) is 9.59 Å². The van der Waals surface area contributed by atoms with Crippen LogP contribution in [-0.4, -0.2) is 45.7 Å². The van der Waals surface area contributed by atoms with E-state index in [0.717, 1.165) is 5.75 Å². The van der Waals surface area contributed by atoms with Crippen LogP contribution in [0.5, 0.6) is 23.0 Å². The van der Waals surface area contributed by atoms with E-state index in [2.05, 4.69) is 5.32 Å². The number of ether oxygens (including phenoxy) is 4. The number of methoxy groups -OCH3 is 1. The number of benzene rings is 2. The Morgan fingerprint density at radius 2 is 1.70 bits per heavy atom. The summed E-state index contributed by atoms with van der Waals surface area (Å²) in [5.41, 5.74) is 0.468. The number of carbonyl (C=O) groups is 2. The van der Waals surface area contributed by atoms with Gasteiger partial charge < -0.3 is 24.3 Å². The largest absolute Gasteiger partial charge is 0.494 e. The maximum absolute atomic E-state index is 11.9. The summed E-state index contributed by atoms with van der Waals surface area (Å²) in [5.74, 6) is 1.98. The van der Waals surface area contributed by atoms with Gasteiger partial charge in [0.1, 0.15) is 24.4 Å². The van der Waals surface area contributed by atoms with Gasteiger partial charge in [0.15, 0.2) is 18.1 Å². The topological polar surface area (TPSA) is 83.1 Å². The van der Waals surface area contributed by atoms with Crippen LogP contribution in [0.1, 0.15) is 17.3 Å². The number of aldehydes is 1. The number of rotatable bonds is 11. The minimum absolute atomic E-state index is 0.167. The molecule has 0 fully saturated rings. The first-order valence-electron chi connectivity index (χ1n) is 8.54. The normalized spacial score (nSPS) is 10.0. The van der Waals surface area contributed by atoms with Gasteiger partial charge in [0.05, 0.1) is 20.3 Å². The van der Waals surface area contributed by atoms with Crippen LogP contribution in [0.2, 0.25) is 0 Å². The number of hydrogen-bond donors (Lipinski definition) is 1. The summed E-state index contributed by atoms with van der Waals surface area (Å²) in [6, 6.07) is 12.0. The van der Waals surface area contributed by atoms with E-state index in [0.29, 0.717) is 48.9 Å². The molecule has 7 heteroatoms. The fourth-order valence-corrected chi connectivity index (χ4v) is 2.23. The first kappa shape index (κ1) is 20.1. The molecule has 0 unspecified atom stereocenters. The predicted octanol–water partition coefficient (Wildman–Crippen LogP) is 2.48. The summed E-state index contributed by atoms with van der Waals surface area (Å²) in [7, 11) is 1.47. The SMILES string of the molecule is CCOc1ccc(OCCNC(=O)COc2ccc(C=O)cc2OC)cc1. The van der Waals surface area contributed by atoms with Gasteiger partial charge in [-0.05, 0) is 49.4 Å². The van der Waals surface area contributed by atoms with Crippen LogP contribution in [0.15, 0.2) is 42.5 Å². The average molecular weight is 373 g/mol. The number of hydrogen-bond acceptors (Lipinski definition) is 6. The molecule has 1 N–H and O–H groups in total. The van der Waals surface area contributed by atoms with Crippen LogP contribution >= 0.6 is 0 Å². The van der Waals surface area contributed by atoms with E-state index < -0.39 is 0 Å². The van der Waals surface area contributed by atoms with E-state index in [-0.39, 0.29) is 12.5 Å². The van der Waals surface area contributed by atoms with Crippen molar-refractivity contribution in [2.75, 3.05) is 33.5 Å². The summed E-state index contributed by atoms with van der Waals surface area (Å²) < 4.78 is 21.5. The van der Waals surface area contributed by atoms with Crippen LogP contribution in [0, 0.1) is 0 Å². The molecule has 1 amide bonds. The molecule has 2 aromatic rings. The maximum Gasteiger partial charge on any atom is 0.258 e. The molecule has 144 valence electrons. The highest BCUT2D eigenvalue weighted by molar-refractivity contribution is 5.78. The highest BCUT2D eigenvalue weighted by atomic mass is 16.5. The van der Waals surface area contributed by atoms with Crippen LogP contribution < -0.4 is 24.3 Å². The third-order valence-electron chi connectivity index (χ3n) is 3.51. The van der Waals surface area contributed by atoms with Crippen molar-refractivity contribution in [2.24, 2.45) is 0 Å². The fraction of sp³-hybridized carbons (Fsp3) is 0.300. The molecule has 27 heavy (non-hydrogen) atoms. The second kappa shape index (κ2) is 10.7. The minimum atomic E-state index is -0.285. The van der Waals surface area contributed by atoms with Crippen molar-refractivity contribution < 1.29 is 28.5 Å². The van der Waals surface area contributed by atoms with Gasteiger partial charge in [0.2, 0.25) is 0 Å². The molecule has 2 aromatic carbocycles.